The number of hydrogen-bond acceptors (Lipinski definition) is 5. The Morgan fingerprint density at radius 2 is 1.82 bits per heavy atom. The number of methoxy groups -OCH3 is 1. The van der Waals surface area contributed by atoms with Crippen LogP contribution in [0, 0.1) is 0 Å². The zero-order valence-electron chi connectivity index (χ0n) is 18.8. The van der Waals surface area contributed by atoms with Gasteiger partial charge in [0.25, 0.3) is 17.4 Å². The van der Waals surface area contributed by atoms with E-state index in [0.717, 1.165) is 24.2 Å². The van der Waals surface area contributed by atoms with E-state index < -0.39 is 41.1 Å². The maximum atomic E-state index is 14.8. The molecule has 7 nitrogen and oxygen atoms in total. The number of nitrogens with zero attached hydrogens (tertiary/aromatic N) is 1. The lowest BCUT2D eigenvalue weighted by atomic mass is 9.88. The summed E-state index contributed by atoms with van der Waals surface area (Å²) >= 11 is 0. The third-order valence-electron chi connectivity index (χ3n) is 6.13. The Morgan fingerprint density at radius 1 is 1.18 bits per heavy atom. The predicted octanol–water partition coefficient (Wildman–Crippen LogP) is 3.74. The SMILES string of the molecule is CCOC(=O)C1=C(C)N(C2CCCCC2)C(=O)C1(NC(=O)c1ccccc1OC)C(F)(F)F. The number of hydrogen-bond donors (Lipinski definition) is 1. The Kier molecular flexibility index (Phi) is 7.04. The first-order valence-corrected chi connectivity index (χ1v) is 10.8. The molecule has 2 aliphatic rings. The maximum Gasteiger partial charge on any atom is 0.425 e. The quantitative estimate of drug-likeness (QED) is 0.643. The number of nitrogens with one attached hydrogen (secondary N) is 1. The van der Waals surface area contributed by atoms with Crippen molar-refractivity contribution in [3.63, 3.8) is 0 Å². The Bertz CT molecular complexity index is 969. The summed E-state index contributed by atoms with van der Waals surface area (Å²) in [5, 5.41) is 1.87. The van der Waals surface area contributed by atoms with Crippen molar-refractivity contribution in [2.45, 2.75) is 63.7 Å². The third-order valence-corrected chi connectivity index (χ3v) is 6.13. The van der Waals surface area contributed by atoms with Crippen molar-refractivity contribution in [1.29, 1.82) is 0 Å². The first-order valence-electron chi connectivity index (χ1n) is 10.8. The fraction of sp³-hybridized carbons (Fsp3) is 0.522. The molecule has 1 unspecified atom stereocenters. The second kappa shape index (κ2) is 9.44. The molecule has 0 spiro atoms. The van der Waals surface area contributed by atoms with E-state index in [-0.39, 0.29) is 23.6 Å². The standard InChI is InChI=1S/C23H27F3N2O5/c1-4-33-20(30)18-14(2)28(15-10-6-5-7-11-15)21(31)22(18,23(24,25)26)27-19(29)16-12-8-9-13-17(16)32-3/h8-9,12-13,15H,4-7,10-11H2,1-3H3,(H,27,29). The van der Waals surface area contributed by atoms with Crippen LogP contribution in [-0.4, -0.2) is 54.2 Å². The fourth-order valence-corrected chi connectivity index (χ4v) is 4.63. The molecule has 1 aliphatic carbocycles. The number of benzene rings is 1. The summed E-state index contributed by atoms with van der Waals surface area (Å²) in [5.74, 6) is -3.86. The lowest BCUT2D eigenvalue weighted by Gasteiger charge is -2.36. The zero-order chi connectivity index (χ0) is 24.4. The number of alkyl halides is 3. The summed E-state index contributed by atoms with van der Waals surface area (Å²) in [4.78, 5) is 40.4. The highest BCUT2D eigenvalue weighted by atomic mass is 19.4. The number of allylic oxidation sites excluding steroid dienone is 1. The van der Waals surface area contributed by atoms with E-state index in [0.29, 0.717) is 12.8 Å². The molecule has 0 aromatic heterocycles. The summed E-state index contributed by atoms with van der Waals surface area (Å²) in [6.07, 6.45) is -1.87. The summed E-state index contributed by atoms with van der Waals surface area (Å²) in [5.41, 5.74) is -4.83. The van der Waals surface area contributed by atoms with Crippen LogP contribution in [0.2, 0.25) is 0 Å². The molecule has 3 rings (SSSR count). The molecular formula is C23H27F3N2O5. The first-order chi connectivity index (χ1) is 15.6. The van der Waals surface area contributed by atoms with Gasteiger partial charge in [-0.15, -0.1) is 0 Å². The number of ether oxygens (including phenoxy) is 2. The molecule has 1 atom stereocenters. The first kappa shape index (κ1) is 24.6. The van der Waals surface area contributed by atoms with Gasteiger partial charge < -0.3 is 19.7 Å². The highest BCUT2D eigenvalue weighted by Gasteiger charge is 2.71. The molecule has 180 valence electrons. The number of halogens is 3. The molecule has 33 heavy (non-hydrogen) atoms. The van der Waals surface area contributed by atoms with Crippen molar-refractivity contribution in [3.05, 3.63) is 41.1 Å². The number of esters is 1. The van der Waals surface area contributed by atoms with Crippen molar-refractivity contribution in [2.75, 3.05) is 13.7 Å². The third kappa shape index (κ3) is 4.18. The second-order valence-corrected chi connectivity index (χ2v) is 8.05. The molecule has 1 N–H and O–H groups in total. The van der Waals surface area contributed by atoms with E-state index in [1.165, 1.54) is 39.2 Å². The van der Waals surface area contributed by atoms with Crippen molar-refractivity contribution < 1.29 is 37.0 Å². The molecular weight excluding hydrogens is 441 g/mol. The monoisotopic (exact) mass is 468 g/mol. The van der Waals surface area contributed by atoms with E-state index >= 15 is 0 Å². The summed E-state index contributed by atoms with van der Waals surface area (Å²) in [7, 11) is 1.27. The summed E-state index contributed by atoms with van der Waals surface area (Å²) in [6.45, 7) is 2.55. The van der Waals surface area contributed by atoms with Crippen LogP contribution in [0.1, 0.15) is 56.3 Å². The van der Waals surface area contributed by atoms with Gasteiger partial charge in [-0.2, -0.15) is 13.2 Å². The van der Waals surface area contributed by atoms with Gasteiger partial charge in [0.1, 0.15) is 11.3 Å². The molecule has 2 amide bonds. The zero-order valence-corrected chi connectivity index (χ0v) is 18.8. The minimum absolute atomic E-state index is 0.0280. The molecule has 0 saturated heterocycles. The second-order valence-electron chi connectivity index (χ2n) is 8.05. The highest BCUT2D eigenvalue weighted by molar-refractivity contribution is 6.12. The summed E-state index contributed by atoms with van der Waals surface area (Å²) in [6, 6.07) is 5.19. The van der Waals surface area contributed by atoms with E-state index in [9.17, 15) is 27.6 Å². The Labute approximate surface area is 189 Å². The Morgan fingerprint density at radius 3 is 2.39 bits per heavy atom. The molecule has 1 fully saturated rings. The van der Waals surface area contributed by atoms with Gasteiger partial charge in [-0.25, -0.2) is 4.79 Å². The van der Waals surface area contributed by atoms with Crippen LogP contribution in [0.25, 0.3) is 0 Å². The van der Waals surface area contributed by atoms with Crippen LogP contribution < -0.4 is 10.1 Å². The molecule has 1 aliphatic heterocycles. The molecule has 1 heterocycles. The molecule has 0 radical (unpaired) electrons. The van der Waals surface area contributed by atoms with E-state index in [2.05, 4.69) is 0 Å². The number of amides is 2. The predicted molar refractivity (Wildman–Crippen MR) is 112 cm³/mol. The smallest absolute Gasteiger partial charge is 0.425 e. The molecule has 0 bridgehead atoms. The number of rotatable bonds is 6. The van der Waals surface area contributed by atoms with Gasteiger partial charge >= 0.3 is 12.1 Å². The van der Waals surface area contributed by atoms with Gasteiger partial charge in [0.15, 0.2) is 0 Å². The van der Waals surface area contributed by atoms with Gasteiger partial charge in [0.2, 0.25) is 0 Å². The lowest BCUT2D eigenvalue weighted by molar-refractivity contribution is -0.193. The molecule has 1 aromatic carbocycles. The van der Waals surface area contributed by atoms with Crippen molar-refractivity contribution >= 4 is 17.8 Å². The average molecular weight is 468 g/mol. The largest absolute Gasteiger partial charge is 0.496 e. The van der Waals surface area contributed by atoms with Crippen molar-refractivity contribution in [3.8, 4) is 5.75 Å². The number of carbonyl (C=O) groups is 3. The van der Waals surface area contributed by atoms with Gasteiger partial charge in [0, 0.05) is 11.7 Å². The Balaban J connectivity index is 2.17. The number of carbonyl (C=O) groups excluding carboxylic acids is 3. The van der Waals surface area contributed by atoms with E-state index in [1.807, 2.05) is 5.32 Å². The summed E-state index contributed by atoms with van der Waals surface area (Å²) < 4.78 is 54.3. The van der Waals surface area contributed by atoms with Crippen LogP contribution >= 0.6 is 0 Å². The Hall–Kier alpha value is -3.04. The van der Waals surface area contributed by atoms with Gasteiger partial charge in [-0.05, 0) is 38.8 Å². The van der Waals surface area contributed by atoms with Crippen LogP contribution in [-0.2, 0) is 14.3 Å². The normalized spacial score (nSPS) is 21.9. The maximum absolute atomic E-state index is 14.8. The van der Waals surface area contributed by atoms with Gasteiger partial charge in [0.05, 0.1) is 19.3 Å². The number of para-hydroxylation sites is 1. The van der Waals surface area contributed by atoms with Crippen LogP contribution in [0.3, 0.4) is 0 Å². The van der Waals surface area contributed by atoms with E-state index in [4.69, 9.17) is 9.47 Å². The molecule has 1 aromatic rings. The fourth-order valence-electron chi connectivity index (χ4n) is 4.63. The highest BCUT2D eigenvalue weighted by Crippen LogP contribution is 2.47. The lowest BCUT2D eigenvalue weighted by Crippen LogP contribution is -2.66. The van der Waals surface area contributed by atoms with Crippen LogP contribution in [0.5, 0.6) is 5.75 Å². The van der Waals surface area contributed by atoms with Crippen LogP contribution in [0.4, 0.5) is 13.2 Å². The van der Waals surface area contributed by atoms with Crippen molar-refractivity contribution in [2.24, 2.45) is 0 Å². The molecule has 10 heteroatoms. The minimum atomic E-state index is -5.31. The van der Waals surface area contributed by atoms with E-state index in [1.54, 1.807) is 6.07 Å². The van der Waals surface area contributed by atoms with Crippen LogP contribution in [0.15, 0.2) is 35.5 Å². The van der Waals surface area contributed by atoms with Crippen molar-refractivity contribution in [1.82, 2.24) is 10.2 Å². The van der Waals surface area contributed by atoms with Gasteiger partial charge in [-0.3, -0.25) is 9.59 Å². The average Bonchev–Trinajstić information content (AvgIpc) is 3.01. The minimum Gasteiger partial charge on any atom is -0.496 e. The van der Waals surface area contributed by atoms with Gasteiger partial charge in [-0.1, -0.05) is 31.4 Å². The topological polar surface area (TPSA) is 84.9 Å². The molecule has 1 saturated carbocycles.